The van der Waals surface area contributed by atoms with Crippen LogP contribution >= 0.6 is 11.3 Å². The second-order valence-electron chi connectivity index (χ2n) is 4.87. The van der Waals surface area contributed by atoms with Gasteiger partial charge in [-0.2, -0.15) is 0 Å². The third kappa shape index (κ3) is 2.70. The van der Waals surface area contributed by atoms with E-state index in [2.05, 4.69) is 26.8 Å². The van der Waals surface area contributed by atoms with Crippen LogP contribution in [-0.4, -0.2) is 39.6 Å². The van der Waals surface area contributed by atoms with Gasteiger partial charge in [-0.05, 0) is 13.8 Å². The van der Waals surface area contributed by atoms with Crippen molar-refractivity contribution in [3.8, 4) is 0 Å². The van der Waals surface area contributed by atoms with Crippen LogP contribution in [0.3, 0.4) is 0 Å². The van der Waals surface area contributed by atoms with E-state index in [0.29, 0.717) is 6.61 Å². The highest BCUT2D eigenvalue weighted by Gasteiger charge is 2.27. The second kappa shape index (κ2) is 5.40. The monoisotopic (exact) mass is 278 g/mol. The van der Waals surface area contributed by atoms with E-state index in [9.17, 15) is 0 Å². The zero-order valence-electron chi connectivity index (χ0n) is 11.2. The Kier molecular flexibility index (Phi) is 3.63. The second-order valence-corrected chi connectivity index (χ2v) is 5.81. The maximum Gasteiger partial charge on any atom is 0.126 e. The molecule has 0 unspecified atom stereocenters. The fourth-order valence-electron chi connectivity index (χ4n) is 2.34. The predicted octanol–water partition coefficient (Wildman–Crippen LogP) is 2.06. The van der Waals surface area contributed by atoms with Crippen LogP contribution in [0.25, 0.3) is 0 Å². The summed E-state index contributed by atoms with van der Waals surface area (Å²) in [5.74, 6) is 0.999. The van der Waals surface area contributed by atoms with E-state index >= 15 is 0 Å². The van der Waals surface area contributed by atoms with Gasteiger partial charge in [-0.25, -0.2) is 9.97 Å². The minimum absolute atomic E-state index is 0.212. The molecule has 102 valence electrons. The fourth-order valence-corrected chi connectivity index (χ4v) is 3.15. The highest BCUT2D eigenvalue weighted by Crippen LogP contribution is 2.26. The molecule has 0 bridgehead atoms. The minimum atomic E-state index is 0.212. The molecule has 6 heteroatoms. The van der Waals surface area contributed by atoms with Crippen molar-refractivity contribution in [3.63, 3.8) is 0 Å². The molecule has 0 amide bonds. The fraction of sp³-hybridized carbons (Fsp3) is 0.538. The summed E-state index contributed by atoms with van der Waals surface area (Å²) < 4.78 is 5.61. The number of ether oxygens (including phenoxy) is 1. The maximum atomic E-state index is 5.61. The van der Waals surface area contributed by atoms with Gasteiger partial charge in [-0.15, -0.1) is 11.3 Å². The van der Waals surface area contributed by atoms with Gasteiger partial charge in [0, 0.05) is 29.9 Å². The van der Waals surface area contributed by atoms with E-state index in [-0.39, 0.29) is 6.04 Å². The molecule has 0 saturated carbocycles. The van der Waals surface area contributed by atoms with E-state index in [1.807, 2.05) is 18.6 Å². The predicted molar refractivity (Wildman–Crippen MR) is 74.1 cm³/mol. The van der Waals surface area contributed by atoms with E-state index in [4.69, 9.17) is 4.74 Å². The topological polar surface area (TPSA) is 54.0 Å². The van der Waals surface area contributed by atoms with Crippen LogP contribution in [0.4, 0.5) is 0 Å². The molecule has 3 rings (SSSR count). The molecule has 1 saturated heterocycles. The van der Waals surface area contributed by atoms with Crippen molar-refractivity contribution in [1.29, 1.82) is 0 Å². The number of aryl methyl sites for hydroxylation is 2. The molecule has 1 aliphatic rings. The summed E-state index contributed by atoms with van der Waals surface area (Å²) in [7, 11) is 0. The van der Waals surface area contributed by atoms with Crippen molar-refractivity contribution in [3.05, 3.63) is 33.8 Å². The standard InChI is InChI=1S/C13H18N4OS/c1-9-5-14-13(16-9)11-7-18-4-3-17(11)6-12-10(2)15-8-19-12/h5,8,11H,3-4,6-7H2,1-2H3,(H,14,16)/t11-/m1/s1. The largest absolute Gasteiger partial charge is 0.378 e. The number of morpholine rings is 1. The SMILES string of the molecule is Cc1cnc([C@H]2COCCN2Cc2scnc2C)[nH]1. The Hall–Kier alpha value is -1.24. The Balaban J connectivity index is 1.79. The van der Waals surface area contributed by atoms with Crippen molar-refractivity contribution in [2.75, 3.05) is 19.8 Å². The first-order valence-electron chi connectivity index (χ1n) is 6.46. The maximum absolute atomic E-state index is 5.61. The zero-order chi connectivity index (χ0) is 13.2. The Morgan fingerprint density at radius 3 is 3.05 bits per heavy atom. The number of nitrogens with zero attached hydrogens (tertiary/aromatic N) is 3. The van der Waals surface area contributed by atoms with Gasteiger partial charge in [0.15, 0.2) is 0 Å². The summed E-state index contributed by atoms with van der Waals surface area (Å²) in [6.45, 7) is 7.43. The highest BCUT2D eigenvalue weighted by atomic mass is 32.1. The first-order valence-corrected chi connectivity index (χ1v) is 7.34. The summed E-state index contributed by atoms with van der Waals surface area (Å²) in [5, 5.41) is 0. The van der Waals surface area contributed by atoms with Gasteiger partial charge in [0.25, 0.3) is 0 Å². The average Bonchev–Trinajstić information content (AvgIpc) is 3.00. The molecule has 0 spiro atoms. The minimum Gasteiger partial charge on any atom is -0.378 e. The van der Waals surface area contributed by atoms with Crippen LogP contribution in [0.15, 0.2) is 11.7 Å². The number of imidazole rings is 1. The third-order valence-corrected chi connectivity index (χ3v) is 4.39. The van der Waals surface area contributed by atoms with Gasteiger partial charge in [-0.3, -0.25) is 4.90 Å². The van der Waals surface area contributed by atoms with Gasteiger partial charge in [-0.1, -0.05) is 0 Å². The average molecular weight is 278 g/mol. The molecule has 1 fully saturated rings. The molecule has 1 atom stereocenters. The molecule has 0 aliphatic carbocycles. The van der Waals surface area contributed by atoms with Crippen molar-refractivity contribution in [2.24, 2.45) is 0 Å². The molecule has 1 N–H and O–H groups in total. The van der Waals surface area contributed by atoms with Crippen molar-refractivity contribution < 1.29 is 4.74 Å². The van der Waals surface area contributed by atoms with Crippen molar-refractivity contribution >= 4 is 11.3 Å². The van der Waals surface area contributed by atoms with Crippen LogP contribution < -0.4 is 0 Å². The molecular formula is C13H18N4OS. The third-order valence-electron chi connectivity index (χ3n) is 3.47. The lowest BCUT2D eigenvalue weighted by Crippen LogP contribution is -2.39. The van der Waals surface area contributed by atoms with Gasteiger partial charge in [0.05, 0.1) is 30.5 Å². The van der Waals surface area contributed by atoms with E-state index in [1.54, 1.807) is 11.3 Å². The lowest BCUT2D eigenvalue weighted by molar-refractivity contribution is -0.0153. The van der Waals surface area contributed by atoms with Gasteiger partial charge in [0.1, 0.15) is 5.82 Å². The summed E-state index contributed by atoms with van der Waals surface area (Å²) in [6, 6.07) is 0.212. The number of rotatable bonds is 3. The number of H-pyrrole nitrogens is 1. The molecule has 3 heterocycles. The van der Waals surface area contributed by atoms with E-state index in [0.717, 1.165) is 36.9 Å². The lowest BCUT2D eigenvalue weighted by Gasteiger charge is -2.34. The smallest absolute Gasteiger partial charge is 0.126 e. The normalized spacial score (nSPS) is 20.8. The first-order chi connectivity index (χ1) is 9.24. The molecule has 1 aliphatic heterocycles. The van der Waals surface area contributed by atoms with Gasteiger partial charge >= 0.3 is 0 Å². The van der Waals surface area contributed by atoms with Crippen LogP contribution in [0.2, 0.25) is 0 Å². The Morgan fingerprint density at radius 2 is 2.37 bits per heavy atom. The molecule has 2 aromatic rings. The summed E-state index contributed by atoms with van der Waals surface area (Å²) >= 11 is 1.72. The van der Waals surface area contributed by atoms with Crippen LogP contribution in [-0.2, 0) is 11.3 Å². The van der Waals surface area contributed by atoms with Crippen molar-refractivity contribution in [2.45, 2.75) is 26.4 Å². The zero-order valence-corrected chi connectivity index (χ0v) is 12.0. The molecule has 2 aromatic heterocycles. The van der Waals surface area contributed by atoms with Crippen molar-refractivity contribution in [1.82, 2.24) is 19.9 Å². The number of aromatic amines is 1. The van der Waals surface area contributed by atoms with E-state index < -0.39 is 0 Å². The Labute approximate surface area is 116 Å². The molecule has 0 radical (unpaired) electrons. The summed E-state index contributed by atoms with van der Waals surface area (Å²) in [5.41, 5.74) is 4.14. The highest BCUT2D eigenvalue weighted by molar-refractivity contribution is 7.09. The van der Waals surface area contributed by atoms with Crippen LogP contribution in [0.1, 0.15) is 28.1 Å². The first kappa shape index (κ1) is 12.8. The molecule has 0 aromatic carbocycles. The summed E-state index contributed by atoms with van der Waals surface area (Å²) in [4.78, 5) is 15.8. The van der Waals surface area contributed by atoms with Crippen LogP contribution in [0.5, 0.6) is 0 Å². The van der Waals surface area contributed by atoms with Gasteiger partial charge < -0.3 is 9.72 Å². The number of hydrogen-bond donors (Lipinski definition) is 1. The number of thiazole rings is 1. The number of hydrogen-bond acceptors (Lipinski definition) is 5. The lowest BCUT2D eigenvalue weighted by atomic mass is 10.2. The quantitative estimate of drug-likeness (QED) is 0.933. The van der Waals surface area contributed by atoms with Gasteiger partial charge in [0.2, 0.25) is 0 Å². The molecule has 19 heavy (non-hydrogen) atoms. The Bertz CT molecular complexity index is 550. The number of aromatic nitrogens is 3. The summed E-state index contributed by atoms with van der Waals surface area (Å²) in [6.07, 6.45) is 1.88. The van der Waals surface area contributed by atoms with E-state index in [1.165, 1.54) is 4.88 Å². The Morgan fingerprint density at radius 1 is 1.47 bits per heavy atom. The van der Waals surface area contributed by atoms with Crippen LogP contribution in [0, 0.1) is 13.8 Å². The molecule has 5 nitrogen and oxygen atoms in total. The number of nitrogens with one attached hydrogen (secondary N) is 1. The molecular weight excluding hydrogens is 260 g/mol.